The number of hydrogen-bond donors (Lipinski definition) is 2. The Morgan fingerprint density at radius 2 is 1.81 bits per heavy atom. The molecule has 0 unspecified atom stereocenters. The molecule has 0 atom stereocenters. The summed E-state index contributed by atoms with van der Waals surface area (Å²) in [6, 6.07) is 14.1. The molecule has 0 heterocycles. The summed E-state index contributed by atoms with van der Waals surface area (Å²) >= 11 is 0. The highest BCUT2D eigenvalue weighted by Crippen LogP contribution is 2.20. The third-order valence-corrected chi connectivity index (χ3v) is 4.63. The van der Waals surface area contributed by atoms with Gasteiger partial charge in [0.1, 0.15) is 12.4 Å². The molecule has 2 rings (SSSR count). The molecule has 0 bridgehead atoms. The predicted octanol–water partition coefficient (Wildman–Crippen LogP) is 1.93. The highest BCUT2D eigenvalue weighted by Gasteiger charge is 2.17. The van der Waals surface area contributed by atoms with E-state index in [0.29, 0.717) is 17.0 Å². The Bertz CT molecular complexity index is 700. The summed E-state index contributed by atoms with van der Waals surface area (Å²) in [5.74, 6) is 0.705. The molecule has 6 heteroatoms. The van der Waals surface area contributed by atoms with E-state index in [1.807, 2.05) is 30.3 Å². The molecule has 0 saturated heterocycles. The number of sulfonamides is 1. The number of benzene rings is 2. The SMILES string of the molecule is Cc1c(N)cccc1S(=O)(=O)NCCOc1ccccc1. The molecule has 0 aliphatic rings. The van der Waals surface area contributed by atoms with Crippen LogP contribution in [0.25, 0.3) is 0 Å². The van der Waals surface area contributed by atoms with E-state index in [-0.39, 0.29) is 18.0 Å². The molecule has 2 aromatic rings. The molecule has 0 amide bonds. The number of ether oxygens (including phenoxy) is 1. The molecule has 0 aliphatic carbocycles. The maximum Gasteiger partial charge on any atom is 0.241 e. The highest BCUT2D eigenvalue weighted by molar-refractivity contribution is 7.89. The molecule has 0 spiro atoms. The van der Waals surface area contributed by atoms with Crippen LogP contribution in [0.15, 0.2) is 53.4 Å². The minimum atomic E-state index is -3.58. The summed E-state index contributed by atoms with van der Waals surface area (Å²) in [4.78, 5) is 0.196. The van der Waals surface area contributed by atoms with Gasteiger partial charge in [0.2, 0.25) is 10.0 Å². The molecule has 2 aromatic carbocycles. The van der Waals surface area contributed by atoms with Crippen LogP contribution in [0.4, 0.5) is 5.69 Å². The minimum Gasteiger partial charge on any atom is -0.492 e. The van der Waals surface area contributed by atoms with Gasteiger partial charge in [0, 0.05) is 12.2 Å². The van der Waals surface area contributed by atoms with Crippen molar-refractivity contribution in [3.8, 4) is 5.75 Å². The smallest absolute Gasteiger partial charge is 0.241 e. The van der Waals surface area contributed by atoms with E-state index < -0.39 is 10.0 Å². The van der Waals surface area contributed by atoms with Crippen molar-refractivity contribution in [3.63, 3.8) is 0 Å². The second-order valence-electron chi connectivity index (χ2n) is 4.53. The molecule has 21 heavy (non-hydrogen) atoms. The van der Waals surface area contributed by atoms with Crippen molar-refractivity contribution >= 4 is 15.7 Å². The van der Waals surface area contributed by atoms with Gasteiger partial charge in [0.15, 0.2) is 0 Å². The van der Waals surface area contributed by atoms with Crippen LogP contribution in [0.1, 0.15) is 5.56 Å². The van der Waals surface area contributed by atoms with Crippen molar-refractivity contribution in [2.24, 2.45) is 0 Å². The standard InChI is InChI=1S/C15H18N2O3S/c1-12-14(16)8-5-9-15(12)21(18,19)17-10-11-20-13-6-3-2-4-7-13/h2-9,17H,10-11,16H2,1H3. The fourth-order valence-electron chi connectivity index (χ4n) is 1.86. The Labute approximate surface area is 124 Å². The second kappa shape index (κ2) is 6.60. The summed E-state index contributed by atoms with van der Waals surface area (Å²) in [7, 11) is -3.58. The first-order valence-corrected chi connectivity index (χ1v) is 8.01. The second-order valence-corrected chi connectivity index (χ2v) is 6.27. The first kappa shape index (κ1) is 15.3. The first-order valence-electron chi connectivity index (χ1n) is 6.53. The lowest BCUT2D eigenvalue weighted by Crippen LogP contribution is -2.29. The van der Waals surface area contributed by atoms with Crippen LogP contribution >= 0.6 is 0 Å². The first-order chi connectivity index (χ1) is 10.0. The maximum atomic E-state index is 12.2. The predicted molar refractivity (Wildman–Crippen MR) is 82.7 cm³/mol. The van der Waals surface area contributed by atoms with E-state index in [1.54, 1.807) is 19.1 Å². The highest BCUT2D eigenvalue weighted by atomic mass is 32.2. The molecular formula is C15H18N2O3S. The van der Waals surface area contributed by atoms with Crippen LogP contribution in [0.2, 0.25) is 0 Å². The fraction of sp³-hybridized carbons (Fsp3) is 0.200. The van der Waals surface area contributed by atoms with Gasteiger partial charge in [-0.05, 0) is 36.8 Å². The molecule has 0 saturated carbocycles. The van der Waals surface area contributed by atoms with Gasteiger partial charge < -0.3 is 10.5 Å². The Hall–Kier alpha value is -2.05. The number of nitrogens with two attached hydrogens (primary N) is 1. The fourth-order valence-corrected chi connectivity index (χ4v) is 3.15. The van der Waals surface area contributed by atoms with Crippen LogP contribution in [0, 0.1) is 6.92 Å². The van der Waals surface area contributed by atoms with Gasteiger partial charge in [0.25, 0.3) is 0 Å². The third kappa shape index (κ3) is 3.96. The van der Waals surface area contributed by atoms with E-state index in [4.69, 9.17) is 10.5 Å². The number of para-hydroxylation sites is 1. The van der Waals surface area contributed by atoms with Crippen molar-refractivity contribution in [3.05, 3.63) is 54.1 Å². The lowest BCUT2D eigenvalue weighted by molar-refractivity contribution is 0.323. The van der Waals surface area contributed by atoms with Crippen LogP contribution in [-0.2, 0) is 10.0 Å². The van der Waals surface area contributed by atoms with Gasteiger partial charge >= 0.3 is 0 Å². The maximum absolute atomic E-state index is 12.2. The monoisotopic (exact) mass is 306 g/mol. The van der Waals surface area contributed by atoms with Crippen LogP contribution in [0.5, 0.6) is 5.75 Å². The zero-order valence-electron chi connectivity index (χ0n) is 11.7. The minimum absolute atomic E-state index is 0.186. The Balaban J connectivity index is 1.94. The number of rotatable bonds is 6. The summed E-state index contributed by atoms with van der Waals surface area (Å²) in [6.07, 6.45) is 0. The van der Waals surface area contributed by atoms with Crippen molar-refractivity contribution in [1.29, 1.82) is 0 Å². The molecule has 5 nitrogen and oxygen atoms in total. The lowest BCUT2D eigenvalue weighted by Gasteiger charge is -2.11. The quantitative estimate of drug-likeness (QED) is 0.631. The van der Waals surface area contributed by atoms with Crippen LogP contribution in [-0.4, -0.2) is 21.6 Å². The largest absolute Gasteiger partial charge is 0.492 e. The zero-order valence-corrected chi connectivity index (χ0v) is 12.6. The van der Waals surface area contributed by atoms with Gasteiger partial charge in [-0.1, -0.05) is 24.3 Å². The molecule has 0 radical (unpaired) electrons. The zero-order chi connectivity index (χ0) is 15.3. The lowest BCUT2D eigenvalue weighted by atomic mass is 10.2. The Morgan fingerprint density at radius 3 is 2.52 bits per heavy atom. The van der Waals surface area contributed by atoms with Crippen LogP contribution < -0.4 is 15.2 Å². The molecule has 0 aliphatic heterocycles. The summed E-state index contributed by atoms with van der Waals surface area (Å²) in [6.45, 7) is 2.13. The topological polar surface area (TPSA) is 81.4 Å². The van der Waals surface area contributed by atoms with E-state index >= 15 is 0 Å². The average molecular weight is 306 g/mol. The van der Waals surface area contributed by atoms with Crippen molar-refractivity contribution in [1.82, 2.24) is 4.72 Å². The van der Waals surface area contributed by atoms with E-state index in [1.165, 1.54) is 6.07 Å². The van der Waals surface area contributed by atoms with Gasteiger partial charge in [-0.3, -0.25) is 0 Å². The normalized spacial score (nSPS) is 11.3. The Morgan fingerprint density at radius 1 is 1.10 bits per heavy atom. The number of nitrogen functional groups attached to an aromatic ring is 1. The summed E-state index contributed by atoms with van der Waals surface area (Å²) in [5, 5.41) is 0. The Kier molecular flexibility index (Phi) is 4.82. The van der Waals surface area contributed by atoms with Gasteiger partial charge in [0.05, 0.1) is 4.90 Å². The third-order valence-electron chi connectivity index (χ3n) is 3.02. The number of anilines is 1. The van der Waals surface area contributed by atoms with Gasteiger partial charge in [-0.25, -0.2) is 13.1 Å². The summed E-state index contributed by atoms with van der Waals surface area (Å²) < 4.78 is 32.3. The van der Waals surface area contributed by atoms with Crippen molar-refractivity contribution in [2.45, 2.75) is 11.8 Å². The van der Waals surface area contributed by atoms with E-state index in [0.717, 1.165) is 0 Å². The number of nitrogens with one attached hydrogen (secondary N) is 1. The van der Waals surface area contributed by atoms with Crippen molar-refractivity contribution < 1.29 is 13.2 Å². The van der Waals surface area contributed by atoms with Crippen molar-refractivity contribution in [2.75, 3.05) is 18.9 Å². The molecule has 0 fully saturated rings. The molecule has 0 aromatic heterocycles. The molecule has 3 N–H and O–H groups in total. The van der Waals surface area contributed by atoms with Gasteiger partial charge in [-0.2, -0.15) is 0 Å². The van der Waals surface area contributed by atoms with Crippen LogP contribution in [0.3, 0.4) is 0 Å². The molecular weight excluding hydrogens is 288 g/mol. The molecule has 112 valence electrons. The number of hydrogen-bond acceptors (Lipinski definition) is 4. The average Bonchev–Trinajstić information content (AvgIpc) is 2.47. The van der Waals surface area contributed by atoms with E-state index in [9.17, 15) is 8.42 Å². The van der Waals surface area contributed by atoms with E-state index in [2.05, 4.69) is 4.72 Å². The van der Waals surface area contributed by atoms with Gasteiger partial charge in [-0.15, -0.1) is 0 Å². The summed E-state index contributed by atoms with van der Waals surface area (Å²) in [5.41, 5.74) is 6.74.